The Bertz CT molecular complexity index is 871. The number of amides is 1. The van der Waals surface area contributed by atoms with Gasteiger partial charge in [0.1, 0.15) is 5.60 Å². The highest BCUT2D eigenvalue weighted by Crippen LogP contribution is 2.36. The molecule has 0 spiro atoms. The van der Waals surface area contributed by atoms with Gasteiger partial charge in [0.25, 0.3) is 0 Å². The van der Waals surface area contributed by atoms with Crippen LogP contribution in [-0.2, 0) is 4.74 Å². The zero-order valence-corrected chi connectivity index (χ0v) is 19.1. The van der Waals surface area contributed by atoms with E-state index in [0.717, 1.165) is 31.7 Å². The average Bonchev–Trinajstić information content (AvgIpc) is 3.40. The van der Waals surface area contributed by atoms with E-state index in [-0.39, 0.29) is 6.09 Å². The third-order valence-corrected chi connectivity index (χ3v) is 6.49. The Morgan fingerprint density at radius 3 is 2.20 bits per heavy atom. The van der Waals surface area contributed by atoms with Crippen LogP contribution in [0.25, 0.3) is 5.82 Å². The molecular formula is C24H36N4O2. The second kappa shape index (κ2) is 8.12. The number of carbonyl (C=O) groups is 1. The molecule has 1 saturated carbocycles. The summed E-state index contributed by atoms with van der Waals surface area (Å²) in [4.78, 5) is 14.3. The standard InChI is InChI=1S/C24H36N4O2/c1-17-10-11-18(2)27(17)22-16-21(28(25-22)20-8-6-7-9-20)19-12-14-26(15-13-19)23(29)30-24(3,4)5/h10-11,16,19-20H,6-9,12-15H2,1-5H3. The third kappa shape index (κ3) is 4.28. The van der Waals surface area contributed by atoms with E-state index in [4.69, 9.17) is 9.84 Å². The van der Waals surface area contributed by atoms with E-state index in [1.54, 1.807) is 0 Å². The summed E-state index contributed by atoms with van der Waals surface area (Å²) in [5, 5.41) is 5.11. The molecule has 0 unspecified atom stereocenters. The topological polar surface area (TPSA) is 52.3 Å². The molecule has 1 saturated heterocycles. The van der Waals surface area contributed by atoms with Crippen molar-refractivity contribution in [2.75, 3.05) is 13.1 Å². The van der Waals surface area contributed by atoms with Gasteiger partial charge in [0.2, 0.25) is 0 Å². The van der Waals surface area contributed by atoms with Gasteiger partial charge in [0, 0.05) is 42.2 Å². The molecule has 1 amide bonds. The summed E-state index contributed by atoms with van der Waals surface area (Å²) in [7, 11) is 0. The smallest absolute Gasteiger partial charge is 0.410 e. The Kier molecular flexibility index (Phi) is 5.69. The molecule has 2 fully saturated rings. The van der Waals surface area contributed by atoms with E-state index >= 15 is 0 Å². The molecule has 2 aromatic rings. The van der Waals surface area contributed by atoms with Crippen LogP contribution >= 0.6 is 0 Å². The van der Waals surface area contributed by atoms with Gasteiger partial charge in [-0.15, -0.1) is 0 Å². The van der Waals surface area contributed by atoms with Crippen LogP contribution in [0.3, 0.4) is 0 Å². The van der Waals surface area contributed by atoms with Crippen molar-refractivity contribution in [3.05, 3.63) is 35.3 Å². The molecule has 3 heterocycles. The molecule has 2 aromatic heterocycles. The van der Waals surface area contributed by atoms with E-state index in [2.05, 4.69) is 41.3 Å². The van der Waals surface area contributed by atoms with Gasteiger partial charge < -0.3 is 14.2 Å². The van der Waals surface area contributed by atoms with Crippen molar-refractivity contribution in [1.29, 1.82) is 0 Å². The summed E-state index contributed by atoms with van der Waals surface area (Å²) < 4.78 is 10.2. The zero-order valence-electron chi connectivity index (χ0n) is 19.1. The second-order valence-corrected chi connectivity index (χ2v) is 10.0. The highest BCUT2D eigenvalue weighted by atomic mass is 16.6. The Balaban J connectivity index is 1.56. The Morgan fingerprint density at radius 1 is 1.03 bits per heavy atom. The number of carbonyl (C=O) groups excluding carboxylic acids is 1. The highest BCUT2D eigenvalue weighted by molar-refractivity contribution is 5.68. The molecule has 6 nitrogen and oxygen atoms in total. The minimum absolute atomic E-state index is 0.190. The van der Waals surface area contributed by atoms with Crippen LogP contribution in [0.15, 0.2) is 18.2 Å². The summed E-state index contributed by atoms with van der Waals surface area (Å²) in [6.07, 6.45) is 6.74. The fraction of sp³-hybridized carbons (Fsp3) is 0.667. The van der Waals surface area contributed by atoms with Crippen molar-refractivity contribution >= 4 is 6.09 Å². The Labute approximate surface area is 180 Å². The van der Waals surface area contributed by atoms with Crippen LogP contribution in [0.1, 0.15) is 88.3 Å². The average molecular weight is 413 g/mol. The lowest BCUT2D eigenvalue weighted by atomic mass is 9.93. The summed E-state index contributed by atoms with van der Waals surface area (Å²) >= 11 is 0. The molecule has 0 N–H and O–H groups in total. The van der Waals surface area contributed by atoms with Gasteiger partial charge in [-0.3, -0.25) is 4.68 Å². The number of nitrogens with zero attached hydrogens (tertiary/aromatic N) is 4. The lowest BCUT2D eigenvalue weighted by Crippen LogP contribution is -2.41. The Morgan fingerprint density at radius 2 is 1.63 bits per heavy atom. The Hall–Kier alpha value is -2.24. The maximum Gasteiger partial charge on any atom is 0.410 e. The second-order valence-electron chi connectivity index (χ2n) is 10.0. The minimum atomic E-state index is -0.448. The van der Waals surface area contributed by atoms with Gasteiger partial charge in [-0.2, -0.15) is 5.10 Å². The summed E-state index contributed by atoms with van der Waals surface area (Å²) in [6.45, 7) is 11.5. The number of rotatable bonds is 3. The first-order valence-electron chi connectivity index (χ1n) is 11.5. The van der Waals surface area contributed by atoms with Crippen LogP contribution in [0.5, 0.6) is 0 Å². The summed E-state index contributed by atoms with van der Waals surface area (Å²) in [6, 6.07) is 7.12. The first-order chi connectivity index (χ1) is 14.2. The number of likely N-dealkylation sites (tertiary alicyclic amines) is 1. The predicted octanol–water partition coefficient (Wildman–Crippen LogP) is 5.52. The first-order valence-corrected chi connectivity index (χ1v) is 11.5. The van der Waals surface area contributed by atoms with Crippen molar-refractivity contribution < 1.29 is 9.53 Å². The van der Waals surface area contributed by atoms with E-state index in [9.17, 15) is 4.79 Å². The lowest BCUT2D eigenvalue weighted by molar-refractivity contribution is 0.0203. The first kappa shape index (κ1) is 21.0. The highest BCUT2D eigenvalue weighted by Gasteiger charge is 2.31. The maximum absolute atomic E-state index is 12.5. The SMILES string of the molecule is Cc1ccc(C)n1-c1cc(C2CCN(C(=O)OC(C)(C)C)CC2)n(C2CCCC2)n1. The molecule has 0 bridgehead atoms. The van der Waals surface area contributed by atoms with Gasteiger partial charge in [0.05, 0.1) is 6.04 Å². The zero-order chi connectivity index (χ0) is 21.5. The van der Waals surface area contributed by atoms with Crippen LogP contribution in [0, 0.1) is 13.8 Å². The van der Waals surface area contributed by atoms with Gasteiger partial charge in [-0.05, 0) is 72.4 Å². The monoisotopic (exact) mass is 412 g/mol. The van der Waals surface area contributed by atoms with Crippen molar-refractivity contribution in [3.63, 3.8) is 0 Å². The fourth-order valence-corrected chi connectivity index (χ4v) is 4.96. The molecule has 0 atom stereocenters. The van der Waals surface area contributed by atoms with Gasteiger partial charge >= 0.3 is 6.09 Å². The van der Waals surface area contributed by atoms with Gasteiger partial charge in [-0.25, -0.2) is 4.79 Å². The van der Waals surface area contributed by atoms with Crippen molar-refractivity contribution in [1.82, 2.24) is 19.2 Å². The van der Waals surface area contributed by atoms with Crippen LogP contribution in [0.4, 0.5) is 4.79 Å². The van der Waals surface area contributed by atoms with E-state index in [1.807, 2.05) is 25.7 Å². The number of aryl methyl sites for hydroxylation is 2. The van der Waals surface area contributed by atoms with Crippen LogP contribution < -0.4 is 0 Å². The molecule has 164 valence electrons. The molecule has 6 heteroatoms. The van der Waals surface area contributed by atoms with Crippen molar-refractivity contribution in [3.8, 4) is 5.82 Å². The summed E-state index contributed by atoms with van der Waals surface area (Å²) in [5.74, 6) is 1.47. The molecule has 0 aromatic carbocycles. The van der Waals surface area contributed by atoms with Crippen LogP contribution in [-0.4, -0.2) is 44.0 Å². The van der Waals surface area contributed by atoms with E-state index in [1.165, 1.54) is 42.8 Å². The predicted molar refractivity (Wildman–Crippen MR) is 118 cm³/mol. The number of hydrogen-bond donors (Lipinski definition) is 0. The molecule has 1 aliphatic carbocycles. The number of ether oxygens (including phenoxy) is 1. The largest absolute Gasteiger partial charge is 0.444 e. The molecule has 2 aliphatic rings. The molecule has 0 radical (unpaired) electrons. The number of aromatic nitrogens is 3. The quantitative estimate of drug-likeness (QED) is 0.667. The number of piperidine rings is 1. The maximum atomic E-state index is 12.5. The van der Waals surface area contributed by atoms with E-state index < -0.39 is 5.60 Å². The van der Waals surface area contributed by atoms with Gasteiger partial charge in [-0.1, -0.05) is 12.8 Å². The lowest BCUT2D eigenvalue weighted by Gasteiger charge is -2.34. The molecule has 1 aliphatic heterocycles. The molecule has 4 rings (SSSR count). The fourth-order valence-electron chi connectivity index (χ4n) is 4.96. The molecule has 30 heavy (non-hydrogen) atoms. The number of hydrogen-bond acceptors (Lipinski definition) is 3. The van der Waals surface area contributed by atoms with Crippen molar-refractivity contribution in [2.45, 2.75) is 90.7 Å². The minimum Gasteiger partial charge on any atom is -0.444 e. The van der Waals surface area contributed by atoms with Crippen LogP contribution in [0.2, 0.25) is 0 Å². The molecular weight excluding hydrogens is 376 g/mol. The normalized spacial score (nSPS) is 18.9. The van der Waals surface area contributed by atoms with Crippen molar-refractivity contribution in [2.24, 2.45) is 0 Å². The summed E-state index contributed by atoms with van der Waals surface area (Å²) in [5.41, 5.74) is 3.33. The van der Waals surface area contributed by atoms with E-state index in [0.29, 0.717) is 12.0 Å². The third-order valence-electron chi connectivity index (χ3n) is 6.49. The van der Waals surface area contributed by atoms with Gasteiger partial charge in [0.15, 0.2) is 5.82 Å².